The van der Waals surface area contributed by atoms with Gasteiger partial charge in [0.15, 0.2) is 6.04 Å². The zero-order valence-electron chi connectivity index (χ0n) is 11.7. The number of nitrogens with zero attached hydrogens (tertiary/aromatic N) is 2. The minimum absolute atomic E-state index is 0.159. The van der Waals surface area contributed by atoms with Gasteiger partial charge in [0.25, 0.3) is 17.7 Å². The van der Waals surface area contributed by atoms with E-state index in [9.17, 15) is 24.0 Å². The molecule has 4 amide bonds. The van der Waals surface area contributed by atoms with Gasteiger partial charge < -0.3 is 4.74 Å². The first-order valence-corrected chi connectivity index (χ1v) is 6.90. The Labute approximate surface area is 134 Å². The second-order valence-electron chi connectivity index (χ2n) is 4.85. The number of carbonyl (C=O) groups is 5. The van der Waals surface area contributed by atoms with Gasteiger partial charge in [0.2, 0.25) is 0 Å². The topological polar surface area (TPSA) is 101 Å². The van der Waals surface area contributed by atoms with Gasteiger partial charge in [-0.3, -0.25) is 29.0 Å². The van der Waals surface area contributed by atoms with Gasteiger partial charge in [0, 0.05) is 0 Å². The van der Waals surface area contributed by atoms with Crippen molar-refractivity contribution in [2.45, 2.75) is 11.5 Å². The molecule has 0 N–H and O–H groups in total. The summed E-state index contributed by atoms with van der Waals surface area (Å²) in [5, 5.41) is 0. The second kappa shape index (κ2) is 5.17. The van der Waals surface area contributed by atoms with Crippen LogP contribution in [0.1, 0.15) is 20.7 Å². The van der Waals surface area contributed by atoms with Gasteiger partial charge >= 0.3 is 11.9 Å². The lowest BCUT2D eigenvalue weighted by atomic mass is 10.1. The van der Waals surface area contributed by atoms with E-state index in [1.807, 2.05) is 0 Å². The number of methoxy groups -OCH3 is 1. The van der Waals surface area contributed by atoms with Gasteiger partial charge in [0.1, 0.15) is 5.50 Å². The van der Waals surface area contributed by atoms with Crippen LogP contribution in [-0.2, 0) is 19.1 Å². The predicted octanol–water partition coefficient (Wildman–Crippen LogP) is -0.242. The molecule has 2 heterocycles. The normalized spacial score (nSPS) is 22.8. The Morgan fingerprint density at radius 3 is 2.04 bits per heavy atom. The highest BCUT2D eigenvalue weighted by Crippen LogP contribution is 2.34. The summed E-state index contributed by atoms with van der Waals surface area (Å²) in [6, 6.07) is 4.75. The maximum atomic E-state index is 12.3. The standard InChI is InChI=1S/C14H9ClN2O6/c1-23-14(22)13(21)17-9(15)8(12(17)20)16-10(18)6-4-2-3-5-7(6)11(16)19/h2-5,8-9H,1H3/t8-,9+/m1/s1. The third-order valence-corrected chi connectivity index (χ3v) is 4.11. The maximum Gasteiger partial charge on any atom is 0.397 e. The number of likely N-dealkylation sites (tertiary alicyclic amines) is 1. The fourth-order valence-corrected chi connectivity index (χ4v) is 2.94. The molecule has 0 unspecified atom stereocenters. The molecular weight excluding hydrogens is 328 g/mol. The van der Waals surface area contributed by atoms with Crippen molar-refractivity contribution < 1.29 is 28.7 Å². The highest BCUT2D eigenvalue weighted by molar-refractivity contribution is 6.41. The Kier molecular flexibility index (Phi) is 3.41. The smallest absolute Gasteiger partial charge is 0.397 e. The van der Waals surface area contributed by atoms with Crippen molar-refractivity contribution in [3.8, 4) is 0 Å². The van der Waals surface area contributed by atoms with Crippen molar-refractivity contribution in [3.63, 3.8) is 0 Å². The number of hydrogen-bond donors (Lipinski definition) is 0. The summed E-state index contributed by atoms with van der Waals surface area (Å²) in [5.41, 5.74) is -1.00. The van der Waals surface area contributed by atoms with Crippen molar-refractivity contribution in [1.29, 1.82) is 0 Å². The summed E-state index contributed by atoms with van der Waals surface area (Å²) in [5.74, 6) is -4.75. The monoisotopic (exact) mass is 336 g/mol. The molecule has 1 aromatic rings. The van der Waals surface area contributed by atoms with Crippen LogP contribution in [-0.4, -0.2) is 58.1 Å². The molecule has 2 aliphatic heterocycles. The molecule has 118 valence electrons. The molecule has 0 spiro atoms. The molecule has 2 atom stereocenters. The maximum absolute atomic E-state index is 12.3. The van der Waals surface area contributed by atoms with E-state index in [0.717, 1.165) is 7.11 Å². The molecule has 2 aliphatic rings. The molecule has 1 saturated heterocycles. The van der Waals surface area contributed by atoms with Gasteiger partial charge in [-0.25, -0.2) is 4.79 Å². The van der Waals surface area contributed by atoms with Gasteiger partial charge in [-0.15, -0.1) is 0 Å². The lowest BCUT2D eigenvalue weighted by molar-refractivity contribution is -0.170. The molecule has 0 aliphatic carbocycles. The average Bonchev–Trinajstić information content (AvgIpc) is 2.80. The Morgan fingerprint density at radius 1 is 1.09 bits per heavy atom. The Morgan fingerprint density at radius 2 is 1.61 bits per heavy atom. The van der Waals surface area contributed by atoms with Crippen LogP contribution in [0, 0.1) is 0 Å². The van der Waals surface area contributed by atoms with Crippen molar-refractivity contribution in [1.82, 2.24) is 9.80 Å². The first kappa shape index (κ1) is 15.2. The SMILES string of the molecule is COC(=O)C(=O)N1C(=O)[C@H](N2C(=O)c3ccccc3C2=O)[C@H]1Cl. The van der Waals surface area contributed by atoms with Crippen LogP contribution in [0.25, 0.3) is 0 Å². The zero-order valence-corrected chi connectivity index (χ0v) is 12.4. The molecule has 0 saturated carbocycles. The van der Waals surface area contributed by atoms with Gasteiger partial charge in [-0.05, 0) is 12.1 Å². The van der Waals surface area contributed by atoms with E-state index in [4.69, 9.17) is 11.6 Å². The molecule has 1 aromatic carbocycles. The van der Waals surface area contributed by atoms with Gasteiger partial charge in [-0.2, -0.15) is 0 Å². The second-order valence-corrected chi connectivity index (χ2v) is 5.30. The Bertz CT molecular complexity index is 741. The van der Waals surface area contributed by atoms with Crippen LogP contribution >= 0.6 is 11.6 Å². The lowest BCUT2D eigenvalue weighted by Gasteiger charge is -2.44. The Balaban J connectivity index is 1.87. The number of imide groups is 2. The number of benzene rings is 1. The molecule has 1 fully saturated rings. The summed E-state index contributed by atoms with van der Waals surface area (Å²) in [4.78, 5) is 60.8. The molecule has 9 heteroatoms. The van der Waals surface area contributed by atoms with Crippen LogP contribution in [0.3, 0.4) is 0 Å². The third kappa shape index (κ3) is 1.95. The van der Waals surface area contributed by atoms with E-state index >= 15 is 0 Å². The van der Waals surface area contributed by atoms with Crippen molar-refractivity contribution in [2.24, 2.45) is 0 Å². The van der Waals surface area contributed by atoms with Crippen LogP contribution in [0.15, 0.2) is 24.3 Å². The highest BCUT2D eigenvalue weighted by Gasteiger charge is 2.59. The van der Waals surface area contributed by atoms with Gasteiger partial charge in [-0.1, -0.05) is 23.7 Å². The highest BCUT2D eigenvalue weighted by atomic mass is 35.5. The predicted molar refractivity (Wildman–Crippen MR) is 74.2 cm³/mol. The summed E-state index contributed by atoms with van der Waals surface area (Å²) in [6.07, 6.45) is 0. The average molecular weight is 337 g/mol. The van der Waals surface area contributed by atoms with E-state index in [1.165, 1.54) is 12.1 Å². The van der Waals surface area contributed by atoms with Crippen LogP contribution in [0.5, 0.6) is 0 Å². The number of amides is 4. The summed E-state index contributed by atoms with van der Waals surface area (Å²) < 4.78 is 4.23. The van der Waals surface area contributed by atoms with Crippen molar-refractivity contribution in [3.05, 3.63) is 35.4 Å². The van der Waals surface area contributed by atoms with E-state index < -0.39 is 41.1 Å². The molecule has 0 radical (unpaired) electrons. The number of β-lactam (4-membered cyclic amide) rings is 1. The number of alkyl halides is 1. The summed E-state index contributed by atoms with van der Waals surface area (Å²) >= 11 is 5.96. The fourth-order valence-electron chi connectivity index (χ4n) is 2.53. The van der Waals surface area contributed by atoms with E-state index in [-0.39, 0.29) is 11.1 Å². The number of esters is 1. The molecule has 3 rings (SSSR count). The Hall–Kier alpha value is -2.74. The number of carbonyl (C=O) groups excluding carboxylic acids is 5. The number of fused-ring (bicyclic) bond motifs is 1. The molecule has 8 nitrogen and oxygen atoms in total. The quantitative estimate of drug-likeness (QED) is 0.175. The fraction of sp³-hybridized carbons (Fsp3) is 0.214. The van der Waals surface area contributed by atoms with Crippen molar-refractivity contribution >= 4 is 41.2 Å². The number of hydrogen-bond acceptors (Lipinski definition) is 6. The molecular formula is C14H9ClN2O6. The largest absolute Gasteiger partial charge is 0.462 e. The third-order valence-electron chi connectivity index (χ3n) is 3.68. The summed E-state index contributed by atoms with van der Waals surface area (Å²) in [7, 11) is 0.982. The molecule has 0 aromatic heterocycles. The number of rotatable bonds is 1. The number of halogens is 1. The lowest BCUT2D eigenvalue weighted by Crippen LogP contribution is -2.71. The van der Waals surface area contributed by atoms with Gasteiger partial charge in [0.05, 0.1) is 18.2 Å². The minimum atomic E-state index is -1.34. The van der Waals surface area contributed by atoms with Crippen molar-refractivity contribution in [2.75, 3.05) is 7.11 Å². The van der Waals surface area contributed by atoms with Crippen LogP contribution in [0.2, 0.25) is 0 Å². The van der Waals surface area contributed by atoms with E-state index in [1.54, 1.807) is 12.1 Å². The molecule has 0 bridgehead atoms. The first-order valence-electron chi connectivity index (χ1n) is 6.46. The van der Waals surface area contributed by atoms with E-state index in [0.29, 0.717) is 9.80 Å². The zero-order chi connectivity index (χ0) is 16.9. The minimum Gasteiger partial charge on any atom is -0.462 e. The first-order chi connectivity index (χ1) is 10.9. The molecule has 23 heavy (non-hydrogen) atoms. The van der Waals surface area contributed by atoms with E-state index in [2.05, 4.69) is 4.74 Å². The number of ether oxygens (including phenoxy) is 1. The summed E-state index contributed by atoms with van der Waals surface area (Å²) in [6.45, 7) is 0. The van der Waals surface area contributed by atoms with Crippen LogP contribution < -0.4 is 0 Å². The van der Waals surface area contributed by atoms with Crippen LogP contribution in [0.4, 0.5) is 0 Å².